The van der Waals surface area contributed by atoms with Crippen molar-refractivity contribution in [3.05, 3.63) is 29.8 Å². The summed E-state index contributed by atoms with van der Waals surface area (Å²) in [5.41, 5.74) is 0.927. The summed E-state index contributed by atoms with van der Waals surface area (Å²) in [5, 5.41) is 17.5. The van der Waals surface area contributed by atoms with Crippen LogP contribution in [0.1, 0.15) is 5.56 Å². The van der Waals surface area contributed by atoms with Crippen molar-refractivity contribution in [2.75, 3.05) is 12.4 Å². The minimum absolute atomic E-state index is 0.0641. The molecule has 0 bridgehead atoms. The van der Waals surface area contributed by atoms with Crippen LogP contribution in [0.2, 0.25) is 0 Å². The predicted molar refractivity (Wildman–Crippen MR) is 50.2 cm³/mol. The highest BCUT2D eigenvalue weighted by molar-refractivity contribution is 7.99. The summed E-state index contributed by atoms with van der Waals surface area (Å²) in [5.74, 6) is 0.678. The van der Waals surface area contributed by atoms with Gasteiger partial charge in [-0.2, -0.15) is 0 Å². The first kappa shape index (κ1) is 9.58. The number of hydrogen-bond donors (Lipinski definition) is 2. The molecule has 0 aromatic heterocycles. The average Bonchev–Trinajstić information content (AvgIpc) is 2.15. The predicted octanol–water partition coefficient (Wildman–Crippen LogP) is 1.26. The highest BCUT2D eigenvalue weighted by atomic mass is 32.2. The number of aliphatic hydroxyl groups excluding tert-OH is 2. The molecule has 0 spiro atoms. The summed E-state index contributed by atoms with van der Waals surface area (Å²) in [6.45, 7) is 0.235. The van der Waals surface area contributed by atoms with E-state index in [1.54, 1.807) is 11.8 Å². The summed E-state index contributed by atoms with van der Waals surface area (Å²) in [6.07, 6.45) is 0. The summed E-state index contributed by atoms with van der Waals surface area (Å²) in [4.78, 5) is 1.05. The standard InChI is InChI=1S/C9H12O2S/c10-5-6-12-9-4-2-1-3-8(9)7-11/h1-4,10-11H,5-7H2. The molecule has 2 N–H and O–H groups in total. The smallest absolute Gasteiger partial charge is 0.0692 e. The Labute approximate surface area is 76.2 Å². The van der Waals surface area contributed by atoms with Gasteiger partial charge in [0.2, 0.25) is 0 Å². The van der Waals surface area contributed by atoms with Crippen LogP contribution in [0.3, 0.4) is 0 Å². The van der Waals surface area contributed by atoms with Crippen molar-refractivity contribution < 1.29 is 10.2 Å². The van der Waals surface area contributed by atoms with E-state index in [4.69, 9.17) is 10.2 Å². The van der Waals surface area contributed by atoms with Crippen molar-refractivity contribution in [1.29, 1.82) is 0 Å². The van der Waals surface area contributed by atoms with Gasteiger partial charge in [0.1, 0.15) is 0 Å². The van der Waals surface area contributed by atoms with Crippen molar-refractivity contribution >= 4 is 11.8 Å². The van der Waals surface area contributed by atoms with Gasteiger partial charge in [-0.25, -0.2) is 0 Å². The van der Waals surface area contributed by atoms with Gasteiger partial charge in [-0.3, -0.25) is 0 Å². The Morgan fingerprint density at radius 1 is 1.17 bits per heavy atom. The number of aliphatic hydroxyl groups is 2. The Morgan fingerprint density at radius 2 is 1.92 bits per heavy atom. The van der Waals surface area contributed by atoms with Crippen LogP contribution in [0.4, 0.5) is 0 Å². The minimum atomic E-state index is 0.0641. The number of rotatable bonds is 4. The molecule has 0 amide bonds. The second kappa shape index (κ2) is 5.19. The molecule has 1 aromatic rings. The van der Waals surface area contributed by atoms with Crippen molar-refractivity contribution in [2.24, 2.45) is 0 Å². The van der Waals surface area contributed by atoms with Crippen LogP contribution in [-0.4, -0.2) is 22.6 Å². The molecule has 0 unspecified atom stereocenters. The fraction of sp³-hybridized carbons (Fsp3) is 0.333. The second-order valence-corrected chi connectivity index (χ2v) is 3.47. The number of hydrogen-bond acceptors (Lipinski definition) is 3. The fourth-order valence-corrected chi connectivity index (χ4v) is 1.73. The minimum Gasteiger partial charge on any atom is -0.396 e. The van der Waals surface area contributed by atoms with E-state index in [1.165, 1.54) is 0 Å². The van der Waals surface area contributed by atoms with Crippen molar-refractivity contribution in [3.8, 4) is 0 Å². The molecule has 0 heterocycles. The quantitative estimate of drug-likeness (QED) is 0.692. The van der Waals surface area contributed by atoms with Crippen LogP contribution in [0.15, 0.2) is 29.2 Å². The first-order valence-electron chi connectivity index (χ1n) is 3.81. The molecular formula is C9H12O2S. The van der Waals surface area contributed by atoms with E-state index in [0.29, 0.717) is 5.75 Å². The van der Waals surface area contributed by atoms with Crippen LogP contribution >= 0.6 is 11.8 Å². The maximum atomic E-state index is 8.94. The molecule has 66 valence electrons. The number of benzene rings is 1. The summed E-state index contributed by atoms with van der Waals surface area (Å²) in [7, 11) is 0. The van der Waals surface area contributed by atoms with Gasteiger partial charge in [0, 0.05) is 10.6 Å². The normalized spacial score (nSPS) is 10.2. The van der Waals surface area contributed by atoms with E-state index in [9.17, 15) is 0 Å². The van der Waals surface area contributed by atoms with Crippen LogP contribution in [-0.2, 0) is 6.61 Å². The lowest BCUT2D eigenvalue weighted by atomic mass is 10.2. The van der Waals surface area contributed by atoms with Crippen LogP contribution in [0.5, 0.6) is 0 Å². The zero-order valence-electron chi connectivity index (χ0n) is 6.73. The Hall–Kier alpha value is -0.510. The Balaban J connectivity index is 2.68. The lowest BCUT2D eigenvalue weighted by Gasteiger charge is -2.04. The molecule has 1 aromatic carbocycles. The first-order chi connectivity index (χ1) is 5.88. The summed E-state index contributed by atoms with van der Waals surface area (Å²) in [6, 6.07) is 7.67. The molecular weight excluding hydrogens is 172 g/mol. The third-order valence-corrected chi connectivity index (χ3v) is 2.59. The topological polar surface area (TPSA) is 40.5 Å². The molecule has 12 heavy (non-hydrogen) atoms. The van der Waals surface area contributed by atoms with E-state index in [2.05, 4.69) is 0 Å². The lowest BCUT2D eigenvalue weighted by molar-refractivity contribution is 0.279. The largest absolute Gasteiger partial charge is 0.396 e. The van der Waals surface area contributed by atoms with Gasteiger partial charge in [-0.05, 0) is 11.6 Å². The third kappa shape index (κ3) is 2.52. The zero-order valence-corrected chi connectivity index (χ0v) is 7.55. The third-order valence-electron chi connectivity index (χ3n) is 1.49. The fourth-order valence-electron chi connectivity index (χ4n) is 0.931. The number of thioether (sulfide) groups is 1. The molecule has 0 aliphatic heterocycles. The van der Waals surface area contributed by atoms with Crippen LogP contribution in [0, 0.1) is 0 Å². The van der Waals surface area contributed by atoms with Crippen molar-refractivity contribution in [2.45, 2.75) is 11.5 Å². The molecule has 3 heteroatoms. The van der Waals surface area contributed by atoms with Gasteiger partial charge in [-0.15, -0.1) is 11.8 Å². The Morgan fingerprint density at radius 3 is 2.58 bits per heavy atom. The molecule has 0 aliphatic rings. The maximum absolute atomic E-state index is 8.94. The van der Waals surface area contributed by atoms with Crippen LogP contribution in [0.25, 0.3) is 0 Å². The first-order valence-corrected chi connectivity index (χ1v) is 4.79. The highest BCUT2D eigenvalue weighted by Crippen LogP contribution is 2.21. The van der Waals surface area contributed by atoms with Crippen molar-refractivity contribution in [1.82, 2.24) is 0 Å². The van der Waals surface area contributed by atoms with Gasteiger partial charge >= 0.3 is 0 Å². The molecule has 0 saturated carbocycles. The van der Waals surface area contributed by atoms with Crippen LogP contribution < -0.4 is 0 Å². The monoisotopic (exact) mass is 184 g/mol. The Kier molecular flexibility index (Phi) is 4.14. The zero-order chi connectivity index (χ0) is 8.81. The molecule has 0 aliphatic carbocycles. The van der Waals surface area contributed by atoms with Gasteiger partial charge in [0.05, 0.1) is 13.2 Å². The Bertz CT molecular complexity index is 238. The highest BCUT2D eigenvalue weighted by Gasteiger charge is 1.99. The van der Waals surface area contributed by atoms with E-state index in [-0.39, 0.29) is 13.2 Å². The van der Waals surface area contributed by atoms with Gasteiger partial charge in [-0.1, -0.05) is 18.2 Å². The average molecular weight is 184 g/mol. The summed E-state index contributed by atoms with van der Waals surface area (Å²) >= 11 is 1.56. The molecule has 0 saturated heterocycles. The second-order valence-electron chi connectivity index (χ2n) is 2.34. The SMILES string of the molecule is OCCSc1ccccc1CO. The maximum Gasteiger partial charge on any atom is 0.0692 e. The molecule has 0 fully saturated rings. The molecule has 2 nitrogen and oxygen atoms in total. The van der Waals surface area contributed by atoms with E-state index < -0.39 is 0 Å². The molecule has 0 radical (unpaired) electrons. The van der Waals surface area contributed by atoms with Gasteiger partial charge < -0.3 is 10.2 Å². The van der Waals surface area contributed by atoms with E-state index >= 15 is 0 Å². The van der Waals surface area contributed by atoms with Gasteiger partial charge in [0.25, 0.3) is 0 Å². The molecule has 1 rings (SSSR count). The van der Waals surface area contributed by atoms with Crippen molar-refractivity contribution in [3.63, 3.8) is 0 Å². The summed E-state index contributed by atoms with van der Waals surface area (Å²) < 4.78 is 0. The van der Waals surface area contributed by atoms with E-state index in [0.717, 1.165) is 10.5 Å². The lowest BCUT2D eigenvalue weighted by Crippen LogP contribution is -1.90. The van der Waals surface area contributed by atoms with Gasteiger partial charge in [0.15, 0.2) is 0 Å². The molecule has 0 atom stereocenters. The van der Waals surface area contributed by atoms with E-state index in [1.807, 2.05) is 24.3 Å².